The molecule has 21 heavy (non-hydrogen) atoms. The lowest BCUT2D eigenvalue weighted by Gasteiger charge is -2.29. The van der Waals surface area contributed by atoms with Gasteiger partial charge in [-0.25, -0.2) is 8.42 Å². The Balaban J connectivity index is 1.71. The molecule has 1 aliphatic heterocycles. The molecule has 0 unspecified atom stereocenters. The van der Waals surface area contributed by atoms with Crippen molar-refractivity contribution in [3.8, 4) is 0 Å². The van der Waals surface area contributed by atoms with Crippen LogP contribution in [-0.2, 0) is 10.0 Å². The first-order valence-corrected chi connectivity index (χ1v) is 8.22. The Labute approximate surface area is 123 Å². The first-order valence-electron chi connectivity index (χ1n) is 6.78. The zero-order valence-electron chi connectivity index (χ0n) is 11.6. The lowest BCUT2D eigenvalue weighted by atomic mass is 9.98. The Hall–Kier alpha value is -1.80. The summed E-state index contributed by atoms with van der Waals surface area (Å²) < 4.78 is 31.4. The molecule has 1 aliphatic rings. The van der Waals surface area contributed by atoms with Gasteiger partial charge in [-0.15, -0.1) is 0 Å². The molecule has 0 atom stereocenters. The fraction of sp³-hybridized carbons (Fsp3) is 0.462. The highest BCUT2D eigenvalue weighted by molar-refractivity contribution is 7.89. The van der Waals surface area contributed by atoms with Crippen LogP contribution in [0.15, 0.2) is 33.9 Å². The summed E-state index contributed by atoms with van der Waals surface area (Å²) >= 11 is 0. The van der Waals surface area contributed by atoms with Crippen LogP contribution in [0.4, 0.5) is 0 Å². The number of nitrogens with zero attached hydrogens (tertiary/aromatic N) is 4. The van der Waals surface area contributed by atoms with E-state index in [0.717, 1.165) is 0 Å². The van der Waals surface area contributed by atoms with Crippen LogP contribution >= 0.6 is 0 Å². The van der Waals surface area contributed by atoms with Crippen molar-refractivity contribution in [1.82, 2.24) is 19.4 Å². The van der Waals surface area contributed by atoms with Crippen LogP contribution in [0, 0.1) is 6.92 Å². The average Bonchev–Trinajstić information content (AvgIpc) is 2.95. The van der Waals surface area contributed by atoms with Gasteiger partial charge in [0, 0.05) is 38.3 Å². The van der Waals surface area contributed by atoms with E-state index < -0.39 is 10.0 Å². The highest BCUT2D eigenvalue weighted by Crippen LogP contribution is 2.28. The summed E-state index contributed by atoms with van der Waals surface area (Å²) in [5.41, 5.74) is 0. The Morgan fingerprint density at radius 1 is 1.33 bits per heavy atom. The highest BCUT2D eigenvalue weighted by atomic mass is 32.2. The second-order valence-corrected chi connectivity index (χ2v) is 6.98. The van der Waals surface area contributed by atoms with Crippen molar-refractivity contribution >= 4 is 10.0 Å². The number of aromatic nitrogens is 3. The maximum Gasteiger partial charge on any atom is 0.244 e. The van der Waals surface area contributed by atoms with Gasteiger partial charge >= 0.3 is 0 Å². The van der Waals surface area contributed by atoms with E-state index >= 15 is 0 Å². The summed E-state index contributed by atoms with van der Waals surface area (Å²) in [6, 6.07) is 3.19. The predicted octanol–water partition coefficient (Wildman–Crippen LogP) is 1.34. The third-order valence-corrected chi connectivity index (χ3v) is 5.52. The number of aryl methyl sites for hydroxylation is 1. The van der Waals surface area contributed by atoms with Crippen molar-refractivity contribution in [2.24, 2.45) is 0 Å². The number of rotatable bonds is 3. The van der Waals surface area contributed by atoms with Crippen LogP contribution in [0.5, 0.6) is 0 Å². The fourth-order valence-corrected chi connectivity index (χ4v) is 3.92. The lowest BCUT2D eigenvalue weighted by Crippen LogP contribution is -2.38. The third-order valence-electron chi connectivity index (χ3n) is 3.63. The van der Waals surface area contributed by atoms with Crippen molar-refractivity contribution in [3.63, 3.8) is 0 Å². The molecular weight excluding hydrogens is 292 g/mol. The standard InChI is InChI=1S/C13H16N4O3S/c1-10-15-13(16-20-10)11-4-7-17(8-5-11)21(18,19)12-3-2-6-14-9-12/h2-3,6,9,11H,4-5,7-8H2,1H3. The average molecular weight is 308 g/mol. The van der Waals surface area contributed by atoms with Gasteiger partial charge in [0.15, 0.2) is 5.82 Å². The lowest BCUT2D eigenvalue weighted by molar-refractivity contribution is 0.305. The molecule has 3 rings (SSSR count). The van der Waals surface area contributed by atoms with E-state index in [2.05, 4.69) is 15.1 Å². The normalized spacial score (nSPS) is 18.0. The summed E-state index contributed by atoms with van der Waals surface area (Å²) in [6.07, 6.45) is 4.32. The minimum Gasteiger partial charge on any atom is -0.340 e. The molecule has 1 fully saturated rings. The van der Waals surface area contributed by atoms with E-state index in [1.54, 1.807) is 25.3 Å². The second kappa shape index (κ2) is 5.53. The van der Waals surface area contributed by atoms with Crippen molar-refractivity contribution in [1.29, 1.82) is 0 Å². The molecule has 1 saturated heterocycles. The maximum absolute atomic E-state index is 12.5. The number of sulfonamides is 1. The number of hydrogen-bond acceptors (Lipinski definition) is 6. The molecule has 8 heteroatoms. The van der Waals surface area contributed by atoms with Gasteiger partial charge in [0.2, 0.25) is 15.9 Å². The van der Waals surface area contributed by atoms with Gasteiger partial charge in [0.05, 0.1) is 0 Å². The molecule has 0 saturated carbocycles. The van der Waals surface area contributed by atoms with Gasteiger partial charge in [-0.3, -0.25) is 4.98 Å². The van der Waals surface area contributed by atoms with Crippen molar-refractivity contribution in [2.75, 3.05) is 13.1 Å². The number of pyridine rings is 1. The number of hydrogen-bond donors (Lipinski definition) is 0. The van der Waals surface area contributed by atoms with Crippen LogP contribution < -0.4 is 0 Å². The zero-order valence-corrected chi connectivity index (χ0v) is 12.5. The summed E-state index contributed by atoms with van der Waals surface area (Å²) in [4.78, 5) is 8.33. The van der Waals surface area contributed by atoms with Crippen LogP contribution in [0.2, 0.25) is 0 Å². The molecule has 0 aliphatic carbocycles. The van der Waals surface area contributed by atoms with E-state index in [4.69, 9.17) is 4.52 Å². The molecule has 3 heterocycles. The SMILES string of the molecule is Cc1nc(C2CCN(S(=O)(=O)c3cccnc3)CC2)no1. The molecule has 0 amide bonds. The summed E-state index contributed by atoms with van der Waals surface area (Å²) in [5.74, 6) is 1.36. The highest BCUT2D eigenvalue weighted by Gasteiger charge is 2.31. The summed E-state index contributed by atoms with van der Waals surface area (Å²) in [6.45, 7) is 2.66. The fourth-order valence-electron chi connectivity index (χ4n) is 2.48. The van der Waals surface area contributed by atoms with E-state index in [0.29, 0.717) is 37.6 Å². The molecule has 2 aromatic rings. The molecule has 0 spiro atoms. The molecule has 0 aromatic carbocycles. The molecule has 7 nitrogen and oxygen atoms in total. The van der Waals surface area contributed by atoms with Crippen LogP contribution in [0.25, 0.3) is 0 Å². The van der Waals surface area contributed by atoms with Gasteiger partial charge in [-0.2, -0.15) is 9.29 Å². The Morgan fingerprint density at radius 3 is 2.67 bits per heavy atom. The van der Waals surface area contributed by atoms with Crippen molar-refractivity contribution in [3.05, 3.63) is 36.2 Å². The summed E-state index contributed by atoms with van der Waals surface area (Å²) in [7, 11) is -3.46. The van der Waals surface area contributed by atoms with Gasteiger partial charge in [0.1, 0.15) is 4.90 Å². The van der Waals surface area contributed by atoms with Crippen LogP contribution in [0.3, 0.4) is 0 Å². The van der Waals surface area contributed by atoms with Gasteiger partial charge in [-0.05, 0) is 25.0 Å². The molecule has 0 N–H and O–H groups in total. The molecular formula is C13H16N4O3S. The minimum atomic E-state index is -3.46. The van der Waals surface area contributed by atoms with Crippen LogP contribution in [-0.4, -0.2) is 40.9 Å². The predicted molar refractivity (Wildman–Crippen MR) is 74.0 cm³/mol. The molecule has 112 valence electrons. The van der Waals surface area contributed by atoms with Gasteiger partial charge in [0.25, 0.3) is 0 Å². The number of piperidine rings is 1. The van der Waals surface area contributed by atoms with Crippen LogP contribution in [0.1, 0.15) is 30.5 Å². The van der Waals surface area contributed by atoms with E-state index in [-0.39, 0.29) is 10.8 Å². The molecule has 0 radical (unpaired) electrons. The van der Waals surface area contributed by atoms with Gasteiger partial charge < -0.3 is 4.52 Å². The zero-order chi connectivity index (χ0) is 14.9. The van der Waals surface area contributed by atoms with Crippen molar-refractivity contribution in [2.45, 2.75) is 30.6 Å². The smallest absolute Gasteiger partial charge is 0.244 e. The Bertz CT molecular complexity index is 706. The monoisotopic (exact) mass is 308 g/mol. The Morgan fingerprint density at radius 2 is 2.10 bits per heavy atom. The maximum atomic E-state index is 12.5. The Kier molecular flexibility index (Phi) is 3.73. The minimum absolute atomic E-state index is 0.155. The second-order valence-electron chi connectivity index (χ2n) is 5.04. The molecule has 0 bridgehead atoms. The largest absolute Gasteiger partial charge is 0.340 e. The van der Waals surface area contributed by atoms with E-state index in [1.807, 2.05) is 0 Å². The van der Waals surface area contributed by atoms with Gasteiger partial charge in [-0.1, -0.05) is 5.16 Å². The van der Waals surface area contributed by atoms with E-state index in [9.17, 15) is 8.42 Å². The molecule has 2 aromatic heterocycles. The van der Waals surface area contributed by atoms with Crippen molar-refractivity contribution < 1.29 is 12.9 Å². The first-order chi connectivity index (χ1) is 10.1. The van der Waals surface area contributed by atoms with E-state index in [1.165, 1.54) is 10.5 Å². The third kappa shape index (κ3) is 2.81. The topological polar surface area (TPSA) is 89.2 Å². The summed E-state index contributed by atoms with van der Waals surface area (Å²) in [5, 5.41) is 3.92. The quantitative estimate of drug-likeness (QED) is 0.850. The first kappa shape index (κ1) is 14.2.